The van der Waals surface area contributed by atoms with Crippen LogP contribution in [0.5, 0.6) is 0 Å². The molecule has 2 nitrogen and oxygen atoms in total. The van der Waals surface area contributed by atoms with E-state index in [-0.39, 0.29) is 0 Å². The molecular weight excluding hydrogens is 168 g/mol. The first-order chi connectivity index (χ1) is 5.95. The van der Waals surface area contributed by atoms with Crippen molar-refractivity contribution in [2.45, 2.75) is 6.42 Å². The SMILES string of the molecule is c1cncc(Cc2cncs2)c1. The van der Waals surface area contributed by atoms with Gasteiger partial charge in [0.25, 0.3) is 0 Å². The molecule has 2 aromatic heterocycles. The van der Waals surface area contributed by atoms with Crippen LogP contribution >= 0.6 is 11.3 Å². The second kappa shape index (κ2) is 3.45. The molecule has 0 fully saturated rings. The molecule has 0 unspecified atom stereocenters. The molecule has 0 saturated carbocycles. The van der Waals surface area contributed by atoms with Crippen LogP contribution in [0.2, 0.25) is 0 Å². The minimum atomic E-state index is 0.943. The van der Waals surface area contributed by atoms with Crippen molar-refractivity contribution in [1.82, 2.24) is 9.97 Å². The summed E-state index contributed by atoms with van der Waals surface area (Å²) in [5.74, 6) is 0. The molecule has 2 aromatic rings. The Labute approximate surface area is 74.9 Å². The molecule has 0 bridgehead atoms. The Morgan fingerprint density at radius 3 is 2.92 bits per heavy atom. The van der Waals surface area contributed by atoms with Gasteiger partial charge in [0, 0.05) is 29.9 Å². The zero-order valence-electron chi connectivity index (χ0n) is 6.47. The normalized spacial score (nSPS) is 10.0. The standard InChI is InChI=1S/C9H8N2S/c1-2-8(5-10-3-1)4-9-6-11-7-12-9/h1-3,5-7H,4H2. The molecule has 0 aliphatic carbocycles. The van der Waals surface area contributed by atoms with Gasteiger partial charge in [-0.15, -0.1) is 11.3 Å². The minimum Gasteiger partial charge on any atom is -0.264 e. The van der Waals surface area contributed by atoms with Gasteiger partial charge in [-0.3, -0.25) is 9.97 Å². The molecule has 0 amide bonds. The van der Waals surface area contributed by atoms with E-state index in [9.17, 15) is 0 Å². The first-order valence-electron chi connectivity index (χ1n) is 3.71. The fourth-order valence-corrected chi connectivity index (χ4v) is 1.66. The number of pyridine rings is 1. The van der Waals surface area contributed by atoms with E-state index in [0.717, 1.165) is 6.42 Å². The number of aromatic nitrogens is 2. The van der Waals surface area contributed by atoms with Crippen molar-refractivity contribution in [3.63, 3.8) is 0 Å². The van der Waals surface area contributed by atoms with Crippen molar-refractivity contribution in [2.75, 3.05) is 0 Å². The quantitative estimate of drug-likeness (QED) is 0.700. The lowest BCUT2D eigenvalue weighted by molar-refractivity contribution is 1.16. The van der Waals surface area contributed by atoms with Crippen molar-refractivity contribution in [1.29, 1.82) is 0 Å². The van der Waals surface area contributed by atoms with Crippen LogP contribution in [0.3, 0.4) is 0 Å². The maximum Gasteiger partial charge on any atom is 0.0794 e. The smallest absolute Gasteiger partial charge is 0.0794 e. The Morgan fingerprint density at radius 2 is 2.25 bits per heavy atom. The van der Waals surface area contributed by atoms with Gasteiger partial charge >= 0.3 is 0 Å². The number of thiazole rings is 1. The number of hydrogen-bond donors (Lipinski definition) is 0. The average Bonchev–Trinajstić information content (AvgIpc) is 2.59. The van der Waals surface area contributed by atoms with E-state index in [2.05, 4.69) is 16.0 Å². The summed E-state index contributed by atoms with van der Waals surface area (Å²) >= 11 is 1.68. The zero-order chi connectivity index (χ0) is 8.23. The summed E-state index contributed by atoms with van der Waals surface area (Å²) in [6, 6.07) is 4.03. The van der Waals surface area contributed by atoms with E-state index in [4.69, 9.17) is 0 Å². The predicted molar refractivity (Wildman–Crippen MR) is 49.2 cm³/mol. The summed E-state index contributed by atoms with van der Waals surface area (Å²) in [5.41, 5.74) is 3.09. The summed E-state index contributed by atoms with van der Waals surface area (Å²) in [6.45, 7) is 0. The van der Waals surface area contributed by atoms with E-state index in [1.54, 1.807) is 17.5 Å². The van der Waals surface area contributed by atoms with E-state index >= 15 is 0 Å². The fraction of sp³-hybridized carbons (Fsp3) is 0.111. The molecule has 0 N–H and O–H groups in total. The minimum absolute atomic E-state index is 0.943. The second-order valence-electron chi connectivity index (χ2n) is 2.51. The van der Waals surface area contributed by atoms with Crippen LogP contribution in [0.4, 0.5) is 0 Å². The Morgan fingerprint density at radius 1 is 1.25 bits per heavy atom. The topological polar surface area (TPSA) is 25.8 Å². The highest BCUT2D eigenvalue weighted by Crippen LogP contribution is 2.11. The lowest BCUT2D eigenvalue weighted by Gasteiger charge is -1.94. The van der Waals surface area contributed by atoms with Gasteiger partial charge in [0.15, 0.2) is 0 Å². The molecule has 2 rings (SSSR count). The summed E-state index contributed by atoms with van der Waals surface area (Å²) in [4.78, 5) is 9.35. The monoisotopic (exact) mass is 176 g/mol. The summed E-state index contributed by atoms with van der Waals surface area (Å²) in [6.07, 6.45) is 6.52. The molecule has 0 aromatic carbocycles. The van der Waals surface area contributed by atoms with Crippen LogP contribution in [0, 0.1) is 0 Å². The second-order valence-corrected chi connectivity index (χ2v) is 3.48. The third-order valence-electron chi connectivity index (χ3n) is 1.58. The number of rotatable bonds is 2. The van der Waals surface area contributed by atoms with Gasteiger partial charge in [-0.1, -0.05) is 6.07 Å². The molecule has 0 aliphatic heterocycles. The Balaban J connectivity index is 2.15. The molecule has 60 valence electrons. The van der Waals surface area contributed by atoms with E-state index in [1.807, 2.05) is 24.0 Å². The number of nitrogens with zero attached hydrogens (tertiary/aromatic N) is 2. The van der Waals surface area contributed by atoms with Gasteiger partial charge in [-0.2, -0.15) is 0 Å². The molecule has 0 spiro atoms. The zero-order valence-corrected chi connectivity index (χ0v) is 7.29. The van der Waals surface area contributed by atoms with Crippen molar-refractivity contribution < 1.29 is 0 Å². The van der Waals surface area contributed by atoms with Gasteiger partial charge in [0.05, 0.1) is 5.51 Å². The lowest BCUT2D eigenvalue weighted by atomic mass is 10.2. The maximum absolute atomic E-state index is 4.05. The van der Waals surface area contributed by atoms with Gasteiger partial charge in [-0.05, 0) is 11.6 Å². The van der Waals surface area contributed by atoms with Crippen LogP contribution < -0.4 is 0 Å². The average molecular weight is 176 g/mol. The van der Waals surface area contributed by atoms with Gasteiger partial charge in [0.2, 0.25) is 0 Å². The summed E-state index contributed by atoms with van der Waals surface area (Å²) in [7, 11) is 0. The van der Waals surface area contributed by atoms with Crippen molar-refractivity contribution in [3.05, 3.63) is 46.7 Å². The highest BCUT2D eigenvalue weighted by atomic mass is 32.1. The highest BCUT2D eigenvalue weighted by Gasteiger charge is 1.95. The Kier molecular flexibility index (Phi) is 2.14. The van der Waals surface area contributed by atoms with E-state index in [1.165, 1.54) is 10.4 Å². The molecule has 0 saturated heterocycles. The summed E-state index contributed by atoms with van der Waals surface area (Å²) < 4.78 is 0. The van der Waals surface area contributed by atoms with Crippen LogP contribution in [0.25, 0.3) is 0 Å². The first-order valence-corrected chi connectivity index (χ1v) is 4.59. The van der Waals surface area contributed by atoms with Crippen LogP contribution in [0.15, 0.2) is 36.2 Å². The van der Waals surface area contributed by atoms with Crippen LogP contribution in [0.1, 0.15) is 10.4 Å². The van der Waals surface area contributed by atoms with E-state index in [0.29, 0.717) is 0 Å². The molecule has 0 aliphatic rings. The molecule has 12 heavy (non-hydrogen) atoms. The van der Waals surface area contributed by atoms with Gasteiger partial charge in [-0.25, -0.2) is 0 Å². The molecule has 3 heteroatoms. The molecule has 0 atom stereocenters. The van der Waals surface area contributed by atoms with Crippen molar-refractivity contribution in [3.8, 4) is 0 Å². The largest absolute Gasteiger partial charge is 0.264 e. The number of hydrogen-bond acceptors (Lipinski definition) is 3. The van der Waals surface area contributed by atoms with Crippen molar-refractivity contribution in [2.24, 2.45) is 0 Å². The summed E-state index contributed by atoms with van der Waals surface area (Å²) in [5, 5.41) is 0. The van der Waals surface area contributed by atoms with Crippen LogP contribution in [-0.4, -0.2) is 9.97 Å². The molecular formula is C9H8N2S. The van der Waals surface area contributed by atoms with Gasteiger partial charge in [0.1, 0.15) is 0 Å². The van der Waals surface area contributed by atoms with Gasteiger partial charge < -0.3 is 0 Å². The van der Waals surface area contributed by atoms with E-state index < -0.39 is 0 Å². The predicted octanol–water partition coefficient (Wildman–Crippen LogP) is 2.13. The third kappa shape index (κ3) is 1.68. The molecule has 2 heterocycles. The fourth-order valence-electron chi connectivity index (χ4n) is 1.03. The lowest BCUT2D eigenvalue weighted by Crippen LogP contribution is -1.84. The van der Waals surface area contributed by atoms with Crippen molar-refractivity contribution >= 4 is 11.3 Å². The first kappa shape index (κ1) is 7.43. The Hall–Kier alpha value is -1.22. The molecule has 0 radical (unpaired) electrons. The highest BCUT2D eigenvalue weighted by molar-refractivity contribution is 7.09. The van der Waals surface area contributed by atoms with Crippen LogP contribution in [-0.2, 0) is 6.42 Å². The third-order valence-corrected chi connectivity index (χ3v) is 2.36. The Bertz CT molecular complexity index is 329. The maximum atomic E-state index is 4.05.